The summed E-state index contributed by atoms with van der Waals surface area (Å²) in [4.78, 5) is 27.9. The predicted octanol–water partition coefficient (Wildman–Crippen LogP) is 3.64. The Bertz CT molecular complexity index is 892. The van der Waals surface area contributed by atoms with E-state index in [-0.39, 0.29) is 11.7 Å². The van der Waals surface area contributed by atoms with Crippen molar-refractivity contribution in [2.45, 2.75) is 33.1 Å². The summed E-state index contributed by atoms with van der Waals surface area (Å²) in [6.45, 7) is 4.36. The van der Waals surface area contributed by atoms with Gasteiger partial charge in [0, 0.05) is 26.2 Å². The molecular formula is C21H24FN3O3. The first-order valence-electron chi connectivity index (χ1n) is 9.35. The smallest absolute Gasteiger partial charge is 0.300 e. The van der Waals surface area contributed by atoms with Crippen LogP contribution in [0.1, 0.15) is 41.3 Å². The van der Waals surface area contributed by atoms with Crippen LogP contribution in [0.25, 0.3) is 0 Å². The third kappa shape index (κ3) is 4.47. The van der Waals surface area contributed by atoms with Crippen molar-refractivity contribution in [3.8, 4) is 0 Å². The maximum Gasteiger partial charge on any atom is 0.300 e. The lowest BCUT2D eigenvalue weighted by Gasteiger charge is -2.31. The third-order valence-electron chi connectivity index (χ3n) is 4.87. The largest absolute Gasteiger partial charge is 0.481 e. The van der Waals surface area contributed by atoms with Crippen LogP contribution in [0.15, 0.2) is 30.6 Å². The van der Waals surface area contributed by atoms with Crippen molar-refractivity contribution in [2.75, 3.05) is 23.3 Å². The summed E-state index contributed by atoms with van der Waals surface area (Å²) in [7, 11) is 0. The normalized spacial score (nSPS) is 15.4. The van der Waals surface area contributed by atoms with Crippen LogP contribution in [0.3, 0.4) is 0 Å². The lowest BCUT2D eigenvalue weighted by atomic mass is 9.96. The Kier molecular flexibility index (Phi) is 5.92. The highest BCUT2D eigenvalue weighted by atomic mass is 19.1. The van der Waals surface area contributed by atoms with Crippen LogP contribution < -0.4 is 10.2 Å². The molecule has 0 unspecified atom stereocenters. The molecule has 4 rings (SSSR count). The van der Waals surface area contributed by atoms with E-state index in [0.29, 0.717) is 30.1 Å². The molecule has 1 fully saturated rings. The van der Waals surface area contributed by atoms with Crippen LogP contribution >= 0.6 is 0 Å². The monoisotopic (exact) mass is 385 g/mol. The Morgan fingerprint density at radius 1 is 1.36 bits per heavy atom. The number of pyridine rings is 1. The Hall–Kier alpha value is -2.96. The molecule has 1 aliphatic heterocycles. The van der Waals surface area contributed by atoms with Gasteiger partial charge >= 0.3 is 0 Å². The van der Waals surface area contributed by atoms with Gasteiger partial charge in [0.25, 0.3) is 11.9 Å². The minimum absolute atomic E-state index is 0.148. The average molecular weight is 385 g/mol. The minimum Gasteiger partial charge on any atom is -0.481 e. The number of carbonyl (C=O) groups excluding carboxylic acids is 1. The number of aromatic nitrogens is 1. The number of carboxylic acids is 1. The van der Waals surface area contributed by atoms with E-state index in [1.165, 1.54) is 18.9 Å². The zero-order valence-electron chi connectivity index (χ0n) is 16.0. The number of hydrogen-bond acceptors (Lipinski definition) is 4. The lowest BCUT2D eigenvalue weighted by Crippen LogP contribution is -2.39. The SMILES string of the molecule is CC(=O)O.Cc1ccncc1N1CCc2ccc(F)c(NCC3CC3)c2C1=O. The molecule has 0 bridgehead atoms. The molecule has 0 radical (unpaired) electrons. The van der Waals surface area contributed by atoms with Crippen molar-refractivity contribution in [3.63, 3.8) is 0 Å². The number of fused-ring (bicyclic) bond motifs is 1. The minimum atomic E-state index is -0.833. The zero-order valence-corrected chi connectivity index (χ0v) is 16.0. The van der Waals surface area contributed by atoms with Gasteiger partial charge in [-0.1, -0.05) is 6.07 Å². The number of halogens is 1. The highest BCUT2D eigenvalue weighted by molar-refractivity contribution is 6.12. The van der Waals surface area contributed by atoms with E-state index in [0.717, 1.165) is 30.3 Å². The molecule has 1 aromatic heterocycles. The number of carboxylic acid groups (broad SMARTS) is 1. The fraction of sp³-hybridized carbons (Fsp3) is 0.381. The van der Waals surface area contributed by atoms with Gasteiger partial charge in [0.1, 0.15) is 5.82 Å². The van der Waals surface area contributed by atoms with Crippen molar-refractivity contribution >= 4 is 23.3 Å². The topological polar surface area (TPSA) is 82.5 Å². The first-order chi connectivity index (χ1) is 13.4. The summed E-state index contributed by atoms with van der Waals surface area (Å²) in [5.74, 6) is -0.728. The second-order valence-electron chi connectivity index (χ2n) is 7.17. The number of carbonyl (C=O) groups is 2. The van der Waals surface area contributed by atoms with E-state index in [2.05, 4.69) is 10.3 Å². The van der Waals surface area contributed by atoms with Crippen LogP contribution in [0.5, 0.6) is 0 Å². The molecular weight excluding hydrogens is 361 g/mol. The molecule has 28 heavy (non-hydrogen) atoms. The zero-order chi connectivity index (χ0) is 20.3. The van der Waals surface area contributed by atoms with E-state index in [1.54, 1.807) is 23.4 Å². The van der Waals surface area contributed by atoms with Crippen LogP contribution in [-0.2, 0) is 11.2 Å². The summed E-state index contributed by atoms with van der Waals surface area (Å²) < 4.78 is 14.4. The van der Waals surface area contributed by atoms with E-state index in [9.17, 15) is 9.18 Å². The van der Waals surface area contributed by atoms with Gasteiger partial charge in [0.05, 0.1) is 23.1 Å². The van der Waals surface area contributed by atoms with Gasteiger partial charge < -0.3 is 15.3 Å². The molecule has 0 spiro atoms. The molecule has 0 atom stereocenters. The Morgan fingerprint density at radius 2 is 2.07 bits per heavy atom. The molecule has 2 heterocycles. The van der Waals surface area contributed by atoms with Crippen LogP contribution in [0.2, 0.25) is 0 Å². The number of hydrogen-bond donors (Lipinski definition) is 2. The number of nitrogens with one attached hydrogen (secondary N) is 1. The number of benzene rings is 1. The van der Waals surface area contributed by atoms with Gasteiger partial charge in [-0.15, -0.1) is 0 Å². The van der Waals surface area contributed by atoms with Crippen LogP contribution in [-0.4, -0.2) is 35.1 Å². The molecule has 6 nitrogen and oxygen atoms in total. The molecule has 2 aromatic rings. The first kappa shape index (κ1) is 19.8. The van der Waals surface area contributed by atoms with Crippen LogP contribution in [0.4, 0.5) is 15.8 Å². The van der Waals surface area contributed by atoms with Gasteiger partial charge in [-0.25, -0.2) is 4.39 Å². The molecule has 1 amide bonds. The quantitative estimate of drug-likeness (QED) is 0.840. The van der Waals surface area contributed by atoms with Gasteiger partial charge in [0.15, 0.2) is 0 Å². The van der Waals surface area contributed by atoms with Crippen LogP contribution in [0, 0.1) is 18.7 Å². The highest BCUT2D eigenvalue weighted by Gasteiger charge is 2.31. The van der Waals surface area contributed by atoms with E-state index >= 15 is 0 Å². The maximum absolute atomic E-state index is 14.4. The fourth-order valence-corrected chi connectivity index (χ4v) is 3.25. The fourth-order valence-electron chi connectivity index (χ4n) is 3.25. The summed E-state index contributed by atoms with van der Waals surface area (Å²) in [5, 5.41) is 10.6. The Morgan fingerprint density at radius 3 is 2.71 bits per heavy atom. The summed E-state index contributed by atoms with van der Waals surface area (Å²) in [5.41, 5.74) is 3.54. The van der Waals surface area contributed by atoms with Gasteiger partial charge in [-0.05, 0) is 55.4 Å². The molecule has 1 aromatic carbocycles. The third-order valence-corrected chi connectivity index (χ3v) is 4.87. The number of aliphatic carboxylic acids is 1. The number of nitrogens with zero attached hydrogens (tertiary/aromatic N) is 2. The standard InChI is InChI=1S/C19H20FN3O.C2H4O2/c1-12-6-8-21-11-16(12)23-9-7-14-4-5-15(20)18(17(14)19(23)24)22-10-13-2-3-13;1-2(3)4/h4-6,8,11,13,22H,2-3,7,9-10H2,1H3;1H3,(H,3,4). The van der Waals surface area contributed by atoms with E-state index < -0.39 is 5.97 Å². The maximum atomic E-state index is 14.4. The molecule has 7 heteroatoms. The van der Waals surface area contributed by atoms with Crippen molar-refractivity contribution in [1.29, 1.82) is 0 Å². The Balaban J connectivity index is 0.000000516. The molecule has 2 aliphatic rings. The number of rotatable bonds is 4. The molecule has 2 N–H and O–H groups in total. The van der Waals surface area contributed by atoms with Crippen molar-refractivity contribution in [3.05, 3.63) is 53.1 Å². The van der Waals surface area contributed by atoms with Gasteiger partial charge in [-0.3, -0.25) is 14.6 Å². The predicted molar refractivity (Wildman–Crippen MR) is 105 cm³/mol. The second kappa shape index (κ2) is 8.37. The number of amides is 1. The summed E-state index contributed by atoms with van der Waals surface area (Å²) >= 11 is 0. The highest BCUT2D eigenvalue weighted by Crippen LogP contribution is 2.34. The molecule has 0 saturated heterocycles. The molecule has 1 aliphatic carbocycles. The van der Waals surface area contributed by atoms with E-state index in [1.807, 2.05) is 13.0 Å². The summed E-state index contributed by atoms with van der Waals surface area (Å²) in [6.07, 6.45) is 6.49. The lowest BCUT2D eigenvalue weighted by molar-refractivity contribution is -0.134. The van der Waals surface area contributed by atoms with Crippen molar-refractivity contribution in [2.24, 2.45) is 5.92 Å². The molecule has 148 valence electrons. The first-order valence-corrected chi connectivity index (χ1v) is 9.35. The number of anilines is 2. The van der Waals surface area contributed by atoms with Gasteiger partial charge in [-0.2, -0.15) is 0 Å². The average Bonchev–Trinajstić information content (AvgIpc) is 3.46. The summed E-state index contributed by atoms with van der Waals surface area (Å²) in [6, 6.07) is 5.08. The Labute approximate surface area is 163 Å². The second-order valence-corrected chi connectivity index (χ2v) is 7.17. The molecule has 1 saturated carbocycles. The van der Waals surface area contributed by atoms with Crippen molar-refractivity contribution < 1.29 is 19.1 Å². The van der Waals surface area contributed by atoms with E-state index in [4.69, 9.17) is 9.90 Å². The number of aryl methyl sites for hydroxylation is 1. The van der Waals surface area contributed by atoms with Crippen molar-refractivity contribution in [1.82, 2.24) is 4.98 Å². The van der Waals surface area contributed by atoms with Gasteiger partial charge in [0.2, 0.25) is 0 Å².